The van der Waals surface area contributed by atoms with Crippen LogP contribution < -0.4 is 5.43 Å². The minimum Gasteiger partial charge on any atom is -0.443 e. The summed E-state index contributed by atoms with van der Waals surface area (Å²) in [6.45, 7) is 5.97. The summed E-state index contributed by atoms with van der Waals surface area (Å²) in [6.07, 6.45) is 4.58. The Morgan fingerprint density at radius 3 is 2.53 bits per heavy atom. The van der Waals surface area contributed by atoms with Crippen molar-refractivity contribution in [2.45, 2.75) is 26.8 Å². The van der Waals surface area contributed by atoms with Crippen molar-refractivity contribution in [2.75, 3.05) is 7.05 Å². The maximum Gasteiger partial charge on any atom is 0.171 e. The third-order valence-corrected chi connectivity index (χ3v) is 2.60. The smallest absolute Gasteiger partial charge is 0.171 e. The van der Waals surface area contributed by atoms with Gasteiger partial charge >= 0.3 is 0 Å². The van der Waals surface area contributed by atoms with Crippen LogP contribution in [0.5, 0.6) is 0 Å². The summed E-state index contributed by atoms with van der Waals surface area (Å²) < 4.78 is 1.84. The Balaban J connectivity index is 0.000000811. The summed E-state index contributed by atoms with van der Waals surface area (Å²) >= 11 is 0. The second-order valence-corrected chi connectivity index (χ2v) is 3.53. The third kappa shape index (κ3) is 3.26. The molecule has 1 aliphatic rings. The van der Waals surface area contributed by atoms with E-state index in [1.54, 1.807) is 12.3 Å². The van der Waals surface area contributed by atoms with Crippen molar-refractivity contribution in [1.29, 1.82) is 0 Å². The zero-order valence-electron chi connectivity index (χ0n) is 11.1. The second-order valence-electron chi connectivity index (χ2n) is 3.53. The molecule has 1 radical (unpaired) electrons. The fourth-order valence-electron chi connectivity index (χ4n) is 1.58. The molecule has 2 rings (SSSR count). The first-order valence-electron chi connectivity index (χ1n) is 5.50. The molecule has 1 unspecified atom stereocenters. The van der Waals surface area contributed by atoms with E-state index in [4.69, 9.17) is 0 Å². The first-order chi connectivity index (χ1) is 7.61. The van der Waals surface area contributed by atoms with Gasteiger partial charge in [0.05, 0.1) is 0 Å². The van der Waals surface area contributed by atoms with Crippen LogP contribution in [0.3, 0.4) is 0 Å². The van der Waals surface area contributed by atoms with Gasteiger partial charge in [0.25, 0.3) is 0 Å². The number of pyridine rings is 1. The molecule has 0 saturated carbocycles. The Hall–Kier alpha value is -0.476. The van der Waals surface area contributed by atoms with Gasteiger partial charge in [0, 0.05) is 38.8 Å². The molecule has 17 heavy (non-hydrogen) atoms. The predicted molar refractivity (Wildman–Crippen MR) is 66.3 cm³/mol. The van der Waals surface area contributed by atoms with Gasteiger partial charge in [-0.3, -0.25) is 4.79 Å². The van der Waals surface area contributed by atoms with Crippen LogP contribution >= 0.6 is 0 Å². The molecule has 2 heterocycles. The molecule has 0 aliphatic carbocycles. The number of aromatic nitrogens is 1. The van der Waals surface area contributed by atoms with Gasteiger partial charge in [0.1, 0.15) is 0 Å². The fourth-order valence-corrected chi connectivity index (χ4v) is 1.58. The molecular formula is C12H18N3OY-. The Morgan fingerprint density at radius 1 is 1.35 bits per heavy atom. The molecule has 0 saturated heterocycles. The zero-order valence-corrected chi connectivity index (χ0v) is 13.9. The summed E-state index contributed by atoms with van der Waals surface area (Å²) in [6, 6.07) is 1.62. The van der Waals surface area contributed by atoms with E-state index in [1.165, 1.54) is 0 Å². The Kier molecular flexibility index (Phi) is 6.87. The first-order valence-corrected chi connectivity index (χ1v) is 5.50. The normalized spacial score (nSPS) is 16.5. The van der Waals surface area contributed by atoms with Crippen LogP contribution in [0, 0.1) is 0 Å². The van der Waals surface area contributed by atoms with Gasteiger partial charge in [-0.05, 0) is 44.7 Å². The van der Waals surface area contributed by atoms with Crippen molar-refractivity contribution < 1.29 is 32.7 Å². The molecule has 1 aromatic heterocycles. The zero-order chi connectivity index (χ0) is 12.3. The number of rotatable bonds is 0. The van der Waals surface area contributed by atoms with E-state index in [-0.39, 0.29) is 44.2 Å². The van der Waals surface area contributed by atoms with Crippen LogP contribution in [-0.4, -0.2) is 22.9 Å². The molecule has 0 amide bonds. The summed E-state index contributed by atoms with van der Waals surface area (Å²) in [4.78, 5) is 17.6. The van der Waals surface area contributed by atoms with Gasteiger partial charge < -0.3 is 14.5 Å². The monoisotopic (exact) mass is 309 g/mol. The predicted octanol–water partition coefficient (Wildman–Crippen LogP) is 1.95. The summed E-state index contributed by atoms with van der Waals surface area (Å²) in [7, 11) is 3.74. The van der Waals surface area contributed by atoms with Crippen molar-refractivity contribution in [3.8, 4) is 0 Å². The Labute approximate surface area is 128 Å². The van der Waals surface area contributed by atoms with E-state index in [9.17, 15) is 4.79 Å². The molecule has 5 heteroatoms. The van der Waals surface area contributed by atoms with Gasteiger partial charge in [-0.1, -0.05) is 20.2 Å². The number of fused-ring (bicyclic) bond motifs is 1. The molecule has 1 atom stereocenters. The standard InChI is InChI=1S/C10H12N3O.C2H6.Y/c1-7-9-8(14)4-5-12(2)10(9)11-6-13(7)3;1-2;/h4-5,7H,1-3H3;1-2H3;/q-1;;. The van der Waals surface area contributed by atoms with Gasteiger partial charge in [-0.15, -0.1) is 0 Å². The van der Waals surface area contributed by atoms with Gasteiger partial charge in [-0.25, -0.2) is 0 Å². The van der Waals surface area contributed by atoms with E-state index < -0.39 is 0 Å². The van der Waals surface area contributed by atoms with Crippen LogP contribution in [0.25, 0.3) is 0 Å². The molecule has 0 spiro atoms. The van der Waals surface area contributed by atoms with Crippen LogP contribution in [-0.2, 0) is 39.8 Å². The number of aryl methyl sites for hydroxylation is 1. The number of nitrogens with zero attached hydrogens (tertiary/aromatic N) is 3. The van der Waals surface area contributed by atoms with Crippen molar-refractivity contribution in [1.82, 2.24) is 9.47 Å². The number of hydrogen-bond acceptors (Lipinski definition) is 3. The number of hydrogen-bond donors (Lipinski definition) is 0. The minimum absolute atomic E-state index is 0. The topological polar surface area (TPSA) is 37.6 Å². The quantitative estimate of drug-likeness (QED) is 0.687. The van der Waals surface area contributed by atoms with E-state index >= 15 is 0 Å². The average Bonchev–Trinajstić information content (AvgIpc) is 2.30. The fraction of sp³-hybridized carbons (Fsp3) is 0.500. The average molecular weight is 309 g/mol. The van der Waals surface area contributed by atoms with Gasteiger partial charge in [0.15, 0.2) is 5.43 Å². The summed E-state index contributed by atoms with van der Waals surface area (Å²) in [5.74, 6) is 0.711. The third-order valence-electron chi connectivity index (χ3n) is 2.60. The first kappa shape index (κ1) is 16.5. The largest absolute Gasteiger partial charge is 0.443 e. The maximum absolute atomic E-state index is 11.6. The van der Waals surface area contributed by atoms with E-state index in [1.807, 2.05) is 44.3 Å². The van der Waals surface area contributed by atoms with Gasteiger partial charge in [-0.2, -0.15) is 0 Å². The van der Waals surface area contributed by atoms with E-state index in [0.717, 1.165) is 5.56 Å². The van der Waals surface area contributed by atoms with Crippen LogP contribution in [0.15, 0.2) is 22.1 Å². The van der Waals surface area contributed by atoms with E-state index in [0.29, 0.717) is 5.82 Å². The van der Waals surface area contributed by atoms with Gasteiger partial charge in [0.2, 0.25) is 0 Å². The molecule has 0 bridgehead atoms. The van der Waals surface area contributed by atoms with Crippen LogP contribution in [0.2, 0.25) is 0 Å². The Morgan fingerprint density at radius 2 is 1.94 bits per heavy atom. The molecule has 0 aromatic carbocycles. The molecular weight excluding hydrogens is 291 g/mol. The number of aliphatic imine (C=N–C) groups is 1. The summed E-state index contributed by atoms with van der Waals surface area (Å²) in [5, 5.41) is 0. The SMILES string of the molecule is CC.CC1c2c(n(C)ccc2=O)N=[C-]N1C.[Y]. The summed E-state index contributed by atoms with van der Waals surface area (Å²) in [5.41, 5.74) is 0.791. The van der Waals surface area contributed by atoms with Crippen molar-refractivity contribution in [2.24, 2.45) is 12.0 Å². The minimum atomic E-state index is 0. The molecule has 91 valence electrons. The molecule has 0 N–H and O–H groups in total. The second kappa shape index (κ2) is 7.07. The Bertz CT molecular complexity index is 454. The van der Waals surface area contributed by atoms with Crippen molar-refractivity contribution >= 4 is 12.2 Å². The van der Waals surface area contributed by atoms with E-state index in [2.05, 4.69) is 11.3 Å². The van der Waals surface area contributed by atoms with Crippen LogP contribution in [0.4, 0.5) is 5.82 Å². The molecule has 1 aromatic rings. The molecule has 1 aliphatic heterocycles. The van der Waals surface area contributed by atoms with Crippen molar-refractivity contribution in [3.63, 3.8) is 0 Å². The molecule has 4 nitrogen and oxygen atoms in total. The van der Waals surface area contributed by atoms with Crippen LogP contribution in [0.1, 0.15) is 32.4 Å². The van der Waals surface area contributed by atoms with Crippen molar-refractivity contribution in [3.05, 3.63) is 28.0 Å². The maximum atomic E-state index is 11.6. The molecule has 0 fully saturated rings.